The summed E-state index contributed by atoms with van der Waals surface area (Å²) in [5.41, 5.74) is 0.808. The Morgan fingerprint density at radius 2 is 1.62 bits per heavy atom. The molecule has 1 aromatic carbocycles. The Labute approximate surface area is 197 Å². The average molecular weight is 456 g/mol. The number of para-hydroxylation sites is 1. The van der Waals surface area contributed by atoms with Gasteiger partial charge < -0.3 is 10.1 Å². The highest BCUT2D eigenvalue weighted by atomic mass is 35.5. The van der Waals surface area contributed by atoms with Crippen LogP contribution in [0.15, 0.2) is 53.8 Å². The first-order chi connectivity index (χ1) is 15.8. The number of nitriles is 1. The Hall–Kier alpha value is -2.78. The molecule has 0 fully saturated rings. The topological polar surface area (TPSA) is 82.3 Å². The molecule has 0 aliphatic rings. The van der Waals surface area contributed by atoms with E-state index in [9.17, 15) is 0 Å². The van der Waals surface area contributed by atoms with Gasteiger partial charge in [-0.3, -0.25) is 15.3 Å². The second-order valence-electron chi connectivity index (χ2n) is 7.65. The second-order valence-corrected chi connectivity index (χ2v) is 8.06. The Morgan fingerprint density at radius 1 is 0.938 bits per heavy atom. The zero-order chi connectivity index (χ0) is 22.7. The summed E-state index contributed by atoms with van der Waals surface area (Å²) in [4.78, 5) is 8.49. The summed E-state index contributed by atoms with van der Waals surface area (Å²) in [6.07, 6.45) is 17.4. The van der Waals surface area contributed by atoms with Crippen LogP contribution in [0.3, 0.4) is 0 Å². The van der Waals surface area contributed by atoms with Gasteiger partial charge in [-0.2, -0.15) is 5.26 Å². The van der Waals surface area contributed by atoms with E-state index in [4.69, 9.17) is 21.6 Å². The van der Waals surface area contributed by atoms with Crippen molar-refractivity contribution < 1.29 is 4.74 Å². The van der Waals surface area contributed by atoms with Crippen LogP contribution in [0.4, 0.5) is 5.69 Å². The van der Waals surface area contributed by atoms with Gasteiger partial charge in [-0.05, 0) is 37.1 Å². The summed E-state index contributed by atoms with van der Waals surface area (Å²) in [5, 5.41) is 15.2. The molecular weight excluding hydrogens is 422 g/mol. The molecule has 0 atom stereocenters. The fourth-order valence-electron chi connectivity index (χ4n) is 3.30. The molecule has 0 spiro atoms. The molecule has 0 saturated carbocycles. The minimum Gasteiger partial charge on any atom is -0.492 e. The molecule has 2 rings (SSSR count). The van der Waals surface area contributed by atoms with Gasteiger partial charge in [0.15, 0.2) is 6.19 Å². The van der Waals surface area contributed by atoms with Gasteiger partial charge in [0, 0.05) is 12.7 Å². The van der Waals surface area contributed by atoms with Crippen molar-refractivity contribution in [1.82, 2.24) is 10.3 Å². The zero-order valence-corrected chi connectivity index (χ0v) is 19.5. The lowest BCUT2D eigenvalue weighted by Gasteiger charge is -2.07. The normalized spacial score (nSPS) is 11.1. The summed E-state index contributed by atoms with van der Waals surface area (Å²) < 4.78 is 5.72. The number of hydrogen-bond donors (Lipinski definition) is 2. The van der Waals surface area contributed by atoms with Crippen molar-refractivity contribution in [3.05, 3.63) is 53.8 Å². The maximum absolute atomic E-state index is 8.87. The molecule has 32 heavy (non-hydrogen) atoms. The van der Waals surface area contributed by atoms with Gasteiger partial charge >= 0.3 is 0 Å². The SMILES string of the molecule is N#CNC(=NCCCCCCCCCCCCOc1ccccc1Cl)Nc1cccnc1. The molecule has 2 aromatic rings. The minimum atomic E-state index is 0.470. The van der Waals surface area contributed by atoms with Crippen molar-refractivity contribution in [2.75, 3.05) is 18.5 Å². The number of ether oxygens (including phenoxy) is 1. The van der Waals surface area contributed by atoms with E-state index in [1.807, 2.05) is 42.6 Å². The summed E-state index contributed by atoms with van der Waals surface area (Å²) in [6.45, 7) is 1.43. The van der Waals surface area contributed by atoms with E-state index in [1.54, 1.807) is 12.4 Å². The van der Waals surface area contributed by atoms with E-state index < -0.39 is 0 Å². The zero-order valence-electron chi connectivity index (χ0n) is 18.7. The van der Waals surface area contributed by atoms with Crippen LogP contribution in [0.5, 0.6) is 5.75 Å². The molecule has 172 valence electrons. The van der Waals surface area contributed by atoms with Gasteiger partial charge in [-0.25, -0.2) is 0 Å². The van der Waals surface area contributed by atoms with Crippen molar-refractivity contribution in [2.24, 2.45) is 4.99 Å². The first kappa shape index (κ1) is 25.5. The maximum Gasteiger partial charge on any atom is 0.209 e. The lowest BCUT2D eigenvalue weighted by Crippen LogP contribution is -2.27. The van der Waals surface area contributed by atoms with E-state index in [1.165, 1.54) is 44.9 Å². The summed E-state index contributed by atoms with van der Waals surface area (Å²) in [5.74, 6) is 1.25. The molecule has 7 heteroatoms. The molecule has 1 aromatic heterocycles. The summed E-state index contributed by atoms with van der Waals surface area (Å²) in [7, 11) is 0. The molecule has 2 N–H and O–H groups in total. The largest absolute Gasteiger partial charge is 0.492 e. The highest BCUT2D eigenvalue weighted by molar-refractivity contribution is 6.32. The van der Waals surface area contributed by atoms with Crippen LogP contribution in [-0.4, -0.2) is 24.1 Å². The number of benzene rings is 1. The van der Waals surface area contributed by atoms with Crippen LogP contribution in [-0.2, 0) is 0 Å². The third-order valence-electron chi connectivity index (χ3n) is 5.02. The van der Waals surface area contributed by atoms with Gasteiger partial charge in [0.1, 0.15) is 5.75 Å². The van der Waals surface area contributed by atoms with Gasteiger partial charge in [0.2, 0.25) is 5.96 Å². The highest BCUT2D eigenvalue weighted by Gasteiger charge is 2.00. The first-order valence-corrected chi connectivity index (χ1v) is 11.9. The number of nitrogens with zero attached hydrogens (tertiary/aromatic N) is 3. The molecule has 0 amide bonds. The molecule has 0 radical (unpaired) electrons. The molecular formula is C25H34ClN5O. The molecule has 6 nitrogen and oxygen atoms in total. The number of nitrogens with one attached hydrogen (secondary N) is 2. The van der Waals surface area contributed by atoms with Gasteiger partial charge in [0.05, 0.1) is 23.5 Å². The predicted octanol–water partition coefficient (Wildman–Crippen LogP) is 6.55. The monoisotopic (exact) mass is 455 g/mol. The highest BCUT2D eigenvalue weighted by Crippen LogP contribution is 2.23. The van der Waals surface area contributed by atoms with Crippen LogP contribution < -0.4 is 15.4 Å². The lowest BCUT2D eigenvalue weighted by molar-refractivity contribution is 0.304. The number of aliphatic imine (C=N–C) groups is 1. The number of pyridine rings is 1. The standard InChI is InChI=1S/C25H34ClN5O/c26-23-15-9-10-16-24(23)32-19-12-8-6-4-2-1-3-5-7-11-18-29-25(30-21-27)31-22-14-13-17-28-20-22/h9-10,13-17,20H,1-8,11-12,18-19H2,(H2,29,30,31). The summed E-state index contributed by atoms with van der Waals surface area (Å²) in [6, 6.07) is 11.3. The Morgan fingerprint density at radius 3 is 2.28 bits per heavy atom. The van der Waals surface area contributed by atoms with Crippen molar-refractivity contribution in [2.45, 2.75) is 64.2 Å². The third-order valence-corrected chi connectivity index (χ3v) is 5.33. The average Bonchev–Trinajstić information content (AvgIpc) is 2.81. The molecule has 0 aliphatic heterocycles. The van der Waals surface area contributed by atoms with Gasteiger partial charge in [-0.15, -0.1) is 0 Å². The number of rotatable bonds is 15. The smallest absolute Gasteiger partial charge is 0.209 e. The van der Waals surface area contributed by atoms with Crippen LogP contribution >= 0.6 is 11.6 Å². The van der Waals surface area contributed by atoms with E-state index in [-0.39, 0.29) is 0 Å². The van der Waals surface area contributed by atoms with Gasteiger partial charge in [0.25, 0.3) is 0 Å². The van der Waals surface area contributed by atoms with Crippen molar-refractivity contribution in [3.63, 3.8) is 0 Å². The van der Waals surface area contributed by atoms with E-state index in [2.05, 4.69) is 20.6 Å². The molecule has 0 unspecified atom stereocenters. The van der Waals surface area contributed by atoms with Crippen LogP contribution in [0.25, 0.3) is 0 Å². The third kappa shape index (κ3) is 11.6. The first-order valence-electron chi connectivity index (χ1n) is 11.5. The maximum atomic E-state index is 8.87. The number of guanidine groups is 1. The van der Waals surface area contributed by atoms with Crippen molar-refractivity contribution in [3.8, 4) is 11.9 Å². The van der Waals surface area contributed by atoms with Crippen molar-refractivity contribution in [1.29, 1.82) is 5.26 Å². The second kappa shape index (κ2) is 16.9. The fourth-order valence-corrected chi connectivity index (χ4v) is 3.49. The summed E-state index contributed by atoms with van der Waals surface area (Å²) >= 11 is 6.08. The molecule has 0 aliphatic carbocycles. The lowest BCUT2D eigenvalue weighted by atomic mass is 10.1. The molecule has 1 heterocycles. The van der Waals surface area contributed by atoms with E-state index in [0.29, 0.717) is 17.5 Å². The fraction of sp³-hybridized carbons (Fsp3) is 0.480. The van der Waals surface area contributed by atoms with E-state index in [0.717, 1.165) is 37.3 Å². The number of aromatic nitrogens is 1. The van der Waals surface area contributed by atoms with Crippen molar-refractivity contribution >= 4 is 23.2 Å². The van der Waals surface area contributed by atoms with Crippen LogP contribution in [0.2, 0.25) is 5.02 Å². The molecule has 0 saturated heterocycles. The quantitative estimate of drug-likeness (QED) is 0.104. The van der Waals surface area contributed by atoms with Crippen LogP contribution in [0.1, 0.15) is 64.2 Å². The Kier molecular flexibility index (Phi) is 13.4. The Balaban J connectivity index is 1.40. The molecule has 0 bridgehead atoms. The number of anilines is 1. The Bertz CT molecular complexity index is 823. The number of hydrogen-bond acceptors (Lipinski definition) is 4. The number of unbranched alkanes of at least 4 members (excludes halogenated alkanes) is 9. The van der Waals surface area contributed by atoms with Crippen LogP contribution in [0, 0.1) is 11.5 Å². The predicted molar refractivity (Wildman–Crippen MR) is 132 cm³/mol. The minimum absolute atomic E-state index is 0.470. The van der Waals surface area contributed by atoms with E-state index >= 15 is 0 Å². The van der Waals surface area contributed by atoms with Gasteiger partial charge in [-0.1, -0.05) is 75.1 Å². The number of halogens is 1.